The Bertz CT molecular complexity index is 3180. The number of rotatable bonds is 20. The van der Waals surface area contributed by atoms with Crippen LogP contribution in [0, 0.1) is 0 Å². The molecule has 6 aromatic heterocycles. The number of nitrogens with zero attached hydrogens (tertiary/aromatic N) is 11. The SMILES string of the molecule is COc1cccc(-c2nnc(CS(=O)(=O)[C@@H](C)[C@@H](O)c3ccn(C)c3)n2-c2c(OC)cccc2OC)n1.COc1cccc(-c2nnc(CS(=O)(=O)[C@H](C)[C@H](O)c3cn(C)cn3)n2-c2c(OC)cccc2OC)n1. The largest absolute Gasteiger partial charge is 0.494 e. The first-order valence-corrected chi connectivity index (χ1v) is 26.1. The van der Waals surface area contributed by atoms with E-state index in [1.54, 1.807) is 125 Å². The zero-order valence-electron chi connectivity index (χ0n) is 42.3. The van der Waals surface area contributed by atoms with Crippen LogP contribution in [0.15, 0.2) is 104 Å². The molecule has 6 heterocycles. The number of imidazole rings is 1. The molecule has 392 valence electrons. The van der Waals surface area contributed by atoms with Gasteiger partial charge in [0.05, 0.1) is 71.3 Å². The van der Waals surface area contributed by atoms with Gasteiger partial charge >= 0.3 is 0 Å². The van der Waals surface area contributed by atoms with E-state index in [2.05, 4.69) is 35.3 Å². The van der Waals surface area contributed by atoms with Gasteiger partial charge in [-0.05, 0) is 61.9 Å². The van der Waals surface area contributed by atoms with Gasteiger partial charge < -0.3 is 47.8 Å². The zero-order chi connectivity index (χ0) is 53.5. The molecule has 0 spiro atoms. The number of ether oxygens (including phenoxy) is 6. The maximum Gasteiger partial charge on any atom is 0.213 e. The Morgan fingerprint density at radius 1 is 0.527 bits per heavy atom. The number of para-hydroxylation sites is 2. The van der Waals surface area contributed by atoms with Crippen LogP contribution in [0.5, 0.6) is 34.8 Å². The van der Waals surface area contributed by atoms with Crippen molar-refractivity contribution < 1.29 is 55.5 Å². The van der Waals surface area contributed by atoms with Gasteiger partial charge in [-0.3, -0.25) is 9.13 Å². The van der Waals surface area contributed by atoms with Gasteiger partial charge in [-0.2, -0.15) is 0 Å². The van der Waals surface area contributed by atoms with Crippen molar-refractivity contribution in [2.24, 2.45) is 14.1 Å². The van der Waals surface area contributed by atoms with Crippen LogP contribution in [-0.4, -0.2) is 134 Å². The van der Waals surface area contributed by atoms with Crippen LogP contribution in [0.2, 0.25) is 0 Å². The first-order chi connectivity index (χ1) is 35.4. The van der Waals surface area contributed by atoms with Crippen LogP contribution in [-0.2, 0) is 45.3 Å². The number of hydrogen-bond donors (Lipinski definition) is 2. The minimum absolute atomic E-state index is 0.0856. The van der Waals surface area contributed by atoms with Gasteiger partial charge in [0.25, 0.3) is 0 Å². The van der Waals surface area contributed by atoms with Crippen LogP contribution in [0.1, 0.15) is 49.0 Å². The summed E-state index contributed by atoms with van der Waals surface area (Å²) in [6, 6.07) is 22.3. The summed E-state index contributed by atoms with van der Waals surface area (Å²) in [7, 11) is 4.65. The molecule has 0 aliphatic rings. The van der Waals surface area contributed by atoms with E-state index in [1.807, 2.05) is 0 Å². The molecule has 0 aliphatic carbocycles. The molecule has 0 saturated carbocycles. The monoisotopic (exact) mass is 1060 g/mol. The van der Waals surface area contributed by atoms with Gasteiger partial charge in [0.1, 0.15) is 63.4 Å². The summed E-state index contributed by atoms with van der Waals surface area (Å²) in [5.41, 5.74) is 2.38. The number of sulfone groups is 2. The first kappa shape index (κ1) is 53.9. The minimum atomic E-state index is -3.95. The van der Waals surface area contributed by atoms with Gasteiger partial charge in [-0.25, -0.2) is 31.8 Å². The third kappa shape index (κ3) is 11.3. The Morgan fingerprint density at radius 2 is 0.946 bits per heavy atom. The highest BCUT2D eigenvalue weighted by Crippen LogP contribution is 2.39. The molecule has 4 atom stereocenters. The van der Waals surface area contributed by atoms with Crippen molar-refractivity contribution >= 4 is 19.7 Å². The fourth-order valence-corrected chi connectivity index (χ4v) is 10.5. The number of aliphatic hydroxyl groups is 2. The summed E-state index contributed by atoms with van der Waals surface area (Å²) in [6.07, 6.45) is 3.95. The van der Waals surface area contributed by atoms with E-state index < -0.39 is 53.9 Å². The van der Waals surface area contributed by atoms with Gasteiger partial charge in [0, 0.05) is 44.8 Å². The molecule has 0 amide bonds. The van der Waals surface area contributed by atoms with Crippen LogP contribution < -0.4 is 28.4 Å². The van der Waals surface area contributed by atoms with Crippen molar-refractivity contribution in [3.8, 4) is 69.2 Å². The molecule has 0 aliphatic heterocycles. The Kier molecular flexibility index (Phi) is 16.7. The second kappa shape index (κ2) is 22.9. The van der Waals surface area contributed by atoms with E-state index in [0.29, 0.717) is 63.1 Å². The second-order valence-electron chi connectivity index (χ2n) is 16.7. The third-order valence-electron chi connectivity index (χ3n) is 11.9. The van der Waals surface area contributed by atoms with Gasteiger partial charge in [-0.1, -0.05) is 24.3 Å². The quantitative estimate of drug-likeness (QED) is 0.103. The lowest BCUT2D eigenvalue weighted by molar-refractivity contribution is 0.171. The molecule has 8 rings (SSSR count). The molecule has 23 nitrogen and oxygen atoms in total. The third-order valence-corrected chi connectivity index (χ3v) is 16.0. The molecule has 0 radical (unpaired) electrons. The molecular formula is C49H57N11O12S2. The molecule has 8 aromatic rings. The van der Waals surface area contributed by atoms with Crippen LogP contribution in [0.4, 0.5) is 0 Å². The highest BCUT2D eigenvalue weighted by Gasteiger charge is 2.36. The molecule has 0 bridgehead atoms. The molecule has 0 unspecified atom stereocenters. The summed E-state index contributed by atoms with van der Waals surface area (Å²) >= 11 is 0. The molecule has 25 heteroatoms. The zero-order valence-corrected chi connectivity index (χ0v) is 43.9. The molecule has 2 N–H and O–H groups in total. The summed E-state index contributed by atoms with van der Waals surface area (Å²) in [5.74, 6) is 2.02. The molecule has 74 heavy (non-hydrogen) atoms. The molecule has 0 saturated heterocycles. The fourth-order valence-electron chi connectivity index (χ4n) is 7.84. The number of methoxy groups -OCH3 is 6. The summed E-state index contributed by atoms with van der Waals surface area (Å²) in [6.45, 7) is 2.91. The Morgan fingerprint density at radius 3 is 1.31 bits per heavy atom. The predicted octanol–water partition coefficient (Wildman–Crippen LogP) is 4.86. The van der Waals surface area contributed by atoms with E-state index in [9.17, 15) is 27.0 Å². The number of aliphatic hydroxyl groups excluding tert-OH is 2. The average Bonchev–Trinajstić information content (AvgIpc) is 4.24. The van der Waals surface area contributed by atoms with Crippen molar-refractivity contribution in [1.82, 2.24) is 53.6 Å². The number of benzene rings is 2. The standard InChI is InChI=1S/C25H29N5O6S.C24H28N6O6S/c1-16(24(31)17-12-13-29(2)14-17)37(32,33)15-21-27-28-25(18-8-6-11-22(26-18)36-5)30(21)23-19(34-3)9-7-10-20(23)35-4;1-15(23(31)17-12-29(2)14-25-17)37(32,33)13-20-27-28-24(16-8-6-11-21(26-16)36-5)30(20)22-18(34-3)9-7-10-19(22)35-4/h6-14,16,24,31H,15H2,1-5H3;6-12,14-15,23,31H,13H2,1-5H3/t16-,24+;15-,23+/m01/s1. The normalized spacial score (nSPS) is 13.2. The lowest BCUT2D eigenvalue weighted by atomic mass is 10.1. The van der Waals surface area contributed by atoms with E-state index in [0.717, 1.165) is 0 Å². The van der Waals surface area contributed by atoms with Crippen molar-refractivity contribution in [3.63, 3.8) is 0 Å². The van der Waals surface area contributed by atoms with Crippen LogP contribution >= 0.6 is 0 Å². The first-order valence-electron chi connectivity index (χ1n) is 22.6. The lowest BCUT2D eigenvalue weighted by Crippen LogP contribution is -2.28. The van der Waals surface area contributed by atoms with Gasteiger partial charge in [-0.15, -0.1) is 20.4 Å². The Balaban J connectivity index is 0.000000216. The Labute approximate surface area is 427 Å². The summed E-state index contributed by atoms with van der Waals surface area (Å²) in [5, 5.41) is 36.3. The maximum absolute atomic E-state index is 13.5. The highest BCUT2D eigenvalue weighted by molar-refractivity contribution is 7.91. The van der Waals surface area contributed by atoms with Crippen molar-refractivity contribution in [2.75, 3.05) is 42.7 Å². The number of aryl methyl sites for hydroxylation is 2. The molecule has 2 aromatic carbocycles. The minimum Gasteiger partial charge on any atom is -0.494 e. The van der Waals surface area contributed by atoms with Gasteiger partial charge in [0.15, 0.2) is 43.0 Å². The van der Waals surface area contributed by atoms with Crippen molar-refractivity contribution in [2.45, 2.75) is 48.1 Å². The van der Waals surface area contributed by atoms with Gasteiger partial charge in [0.2, 0.25) is 11.8 Å². The second-order valence-corrected chi connectivity index (χ2v) is 21.4. The van der Waals surface area contributed by atoms with E-state index in [-0.39, 0.29) is 29.0 Å². The smallest absolute Gasteiger partial charge is 0.213 e. The maximum atomic E-state index is 13.5. The topological polar surface area (TPSA) is 274 Å². The summed E-state index contributed by atoms with van der Waals surface area (Å²) in [4.78, 5) is 13.0. The number of hydrogen-bond acceptors (Lipinski definition) is 19. The summed E-state index contributed by atoms with van der Waals surface area (Å²) < 4.78 is 93.3. The van der Waals surface area contributed by atoms with Crippen LogP contribution in [0.25, 0.3) is 34.4 Å². The Hall–Kier alpha value is -7.87. The van der Waals surface area contributed by atoms with Crippen molar-refractivity contribution in [1.29, 1.82) is 0 Å². The van der Waals surface area contributed by atoms with Crippen molar-refractivity contribution in [3.05, 3.63) is 127 Å². The fraction of sp³-hybridized carbons (Fsp3) is 0.327. The van der Waals surface area contributed by atoms with E-state index in [1.165, 1.54) is 67.4 Å². The number of pyridine rings is 2. The molecule has 0 fully saturated rings. The average molecular weight is 1060 g/mol. The van der Waals surface area contributed by atoms with E-state index in [4.69, 9.17) is 28.4 Å². The predicted molar refractivity (Wildman–Crippen MR) is 271 cm³/mol. The lowest BCUT2D eigenvalue weighted by Gasteiger charge is -2.20. The highest BCUT2D eigenvalue weighted by atomic mass is 32.2. The molecular weight excluding hydrogens is 999 g/mol. The van der Waals surface area contributed by atoms with Crippen LogP contribution in [0.3, 0.4) is 0 Å². The number of aromatic nitrogens is 11. The van der Waals surface area contributed by atoms with E-state index >= 15 is 0 Å².